The molecule has 4 fully saturated rings. The number of allylic oxidation sites excluding steroid dienone is 1. The normalized spacial score (nSPS) is 36.4. The molecule has 0 unspecified atom stereocenters. The van der Waals surface area contributed by atoms with Crippen molar-refractivity contribution in [2.75, 3.05) is 0 Å². The predicted octanol–water partition coefficient (Wildman–Crippen LogP) is 7.84. The van der Waals surface area contributed by atoms with Crippen LogP contribution in [0.2, 0.25) is 0 Å². The molecule has 0 aliphatic heterocycles. The van der Waals surface area contributed by atoms with Gasteiger partial charge in [0.05, 0.1) is 23.9 Å². The molecule has 5 aliphatic rings. The minimum atomic E-state index is -1.17. The van der Waals surface area contributed by atoms with Gasteiger partial charge in [-0.1, -0.05) is 48.5 Å². The summed E-state index contributed by atoms with van der Waals surface area (Å²) in [4.78, 5) is 60.7. The van der Waals surface area contributed by atoms with Crippen LogP contribution in [0.25, 0.3) is 0 Å². The Bertz CT molecular complexity index is 1630. The van der Waals surface area contributed by atoms with Gasteiger partial charge < -0.3 is 20.5 Å². The summed E-state index contributed by atoms with van der Waals surface area (Å²) in [5, 5.41) is 15.9. The van der Waals surface area contributed by atoms with Gasteiger partial charge in [-0.05, 0) is 122 Å². The Morgan fingerprint density at radius 3 is 2.25 bits per heavy atom. The minimum absolute atomic E-state index is 0. The molecule has 3 N–H and O–H groups in total. The number of urea groups is 1. The van der Waals surface area contributed by atoms with Crippen LogP contribution in [0.5, 0.6) is 0 Å². The van der Waals surface area contributed by atoms with Crippen molar-refractivity contribution < 1.29 is 29.0 Å². The smallest absolute Gasteiger partial charge is 0.315 e. The van der Waals surface area contributed by atoms with Gasteiger partial charge in [-0.2, -0.15) is 0 Å². The quantitative estimate of drug-likeness (QED) is 0.229. The molecule has 6 rings (SSSR count). The number of nitrogens with one attached hydrogen (secondary N) is 2. The first-order valence-electron chi connectivity index (χ1n) is 19.2. The predicted molar refractivity (Wildman–Crippen MR) is 200 cm³/mol. The number of amides is 2. The second kappa shape index (κ2) is 13.7. The van der Waals surface area contributed by atoms with Crippen LogP contribution in [0.15, 0.2) is 29.6 Å². The summed E-state index contributed by atoms with van der Waals surface area (Å²) in [5.41, 5.74) is -0.000464. The number of hydrogen-bond acceptors (Lipinski definition) is 7. The van der Waals surface area contributed by atoms with Gasteiger partial charge in [0.25, 0.3) is 0 Å². The van der Waals surface area contributed by atoms with Gasteiger partial charge in [-0.25, -0.2) is 14.8 Å². The van der Waals surface area contributed by atoms with Crippen molar-refractivity contribution in [2.45, 2.75) is 145 Å². The molecule has 52 heavy (non-hydrogen) atoms. The Labute approximate surface area is 315 Å². The fraction of sp³-hybridized carbons (Fsp3) is 0.756. The Morgan fingerprint density at radius 1 is 0.942 bits per heavy atom. The molecule has 11 heteroatoms. The van der Waals surface area contributed by atoms with E-state index in [9.17, 15) is 24.3 Å². The third-order valence-electron chi connectivity index (χ3n) is 15.2. The summed E-state index contributed by atoms with van der Waals surface area (Å²) < 4.78 is 6.14. The van der Waals surface area contributed by atoms with Gasteiger partial charge in [0, 0.05) is 24.2 Å². The lowest BCUT2D eigenvalue weighted by atomic mass is 9.33. The number of ether oxygens (including phenoxy) is 1. The zero-order chi connectivity index (χ0) is 37.4. The number of carbonyl (C=O) groups is 4. The van der Waals surface area contributed by atoms with Crippen LogP contribution in [0.3, 0.4) is 0 Å². The first kappa shape index (κ1) is 40.2. The number of carboxylic acid groups (broad SMARTS) is 1. The molecule has 10 nitrogen and oxygen atoms in total. The molecular formula is C41H61ClN4O6. The number of ketones is 1. The minimum Gasteiger partial charge on any atom is -0.481 e. The average Bonchev–Trinajstić information content (AvgIpc) is 3.33. The number of aromatic nitrogens is 2. The van der Waals surface area contributed by atoms with E-state index in [-0.39, 0.29) is 76.8 Å². The van der Waals surface area contributed by atoms with E-state index in [1.807, 2.05) is 0 Å². The van der Waals surface area contributed by atoms with Crippen molar-refractivity contribution in [3.63, 3.8) is 0 Å². The molecule has 288 valence electrons. The summed E-state index contributed by atoms with van der Waals surface area (Å²) >= 11 is 0. The van der Waals surface area contributed by atoms with Gasteiger partial charge in [0.15, 0.2) is 5.78 Å². The molecule has 0 aromatic carbocycles. The largest absolute Gasteiger partial charge is 0.481 e. The maximum absolute atomic E-state index is 13.9. The zero-order valence-corrected chi connectivity index (χ0v) is 33.5. The molecule has 0 bridgehead atoms. The fourth-order valence-corrected chi connectivity index (χ4v) is 12.4. The molecule has 5 aliphatic carbocycles. The Morgan fingerprint density at radius 2 is 1.62 bits per heavy atom. The Balaban J connectivity index is 0.00000523. The van der Waals surface area contributed by atoms with Crippen LogP contribution in [0.4, 0.5) is 4.79 Å². The number of fused-ring (bicyclic) bond motifs is 7. The van der Waals surface area contributed by atoms with E-state index in [0.29, 0.717) is 24.1 Å². The number of aliphatic carboxylic acids is 1. The summed E-state index contributed by atoms with van der Waals surface area (Å²) in [7, 11) is 0. The highest BCUT2D eigenvalue weighted by Gasteiger charge is 2.70. The Kier molecular flexibility index (Phi) is 10.6. The molecule has 1 aromatic rings. The van der Waals surface area contributed by atoms with E-state index in [1.165, 1.54) is 5.57 Å². The van der Waals surface area contributed by atoms with E-state index < -0.39 is 22.9 Å². The highest BCUT2D eigenvalue weighted by Crippen LogP contribution is 2.76. The van der Waals surface area contributed by atoms with E-state index in [0.717, 1.165) is 56.9 Å². The van der Waals surface area contributed by atoms with Crippen molar-refractivity contribution in [1.82, 2.24) is 20.6 Å². The molecule has 4 saturated carbocycles. The van der Waals surface area contributed by atoms with Crippen molar-refractivity contribution in [3.8, 4) is 0 Å². The number of rotatable bonds is 8. The van der Waals surface area contributed by atoms with Gasteiger partial charge in [-0.3, -0.25) is 14.4 Å². The molecule has 0 saturated heterocycles. The lowest BCUT2D eigenvalue weighted by molar-refractivity contribution is -0.232. The summed E-state index contributed by atoms with van der Waals surface area (Å²) in [6.45, 7) is 19.6. The van der Waals surface area contributed by atoms with Crippen molar-refractivity contribution in [2.24, 2.45) is 50.7 Å². The van der Waals surface area contributed by atoms with Gasteiger partial charge in [0.1, 0.15) is 11.9 Å². The standard InChI is InChI=1S/C41H60N4O6.ClH/c1-24(2)32-26(46)21-41(45-35(50)44-23-30-42-19-10-20-43-30)18-17-39(8)25(33(32)41)11-12-28-38(7)15-14-29(51-31(47)22-36(3,4)34(48)49)37(5,6)27(38)13-16-40(28,39)9;/h10,19-20,24-25,27-29H,11-18,21-23H2,1-9H3,(H,48,49)(H2,44,45,50);1H/t25-,27+,28-,29+,38+,39-,40-,41-;/m1./s1. The third kappa shape index (κ3) is 6.26. The first-order valence-corrected chi connectivity index (χ1v) is 19.2. The molecular weight excluding hydrogens is 680 g/mol. The highest BCUT2D eigenvalue weighted by molar-refractivity contribution is 6.02. The second-order valence-electron chi connectivity index (χ2n) is 19.0. The summed E-state index contributed by atoms with van der Waals surface area (Å²) in [5.74, 6) is 0.343. The van der Waals surface area contributed by atoms with E-state index in [1.54, 1.807) is 32.3 Å². The average molecular weight is 741 g/mol. The number of esters is 1. The van der Waals surface area contributed by atoms with Crippen LogP contribution >= 0.6 is 12.4 Å². The van der Waals surface area contributed by atoms with Crippen molar-refractivity contribution in [3.05, 3.63) is 35.4 Å². The molecule has 0 radical (unpaired) electrons. The number of carbonyl (C=O) groups excluding carboxylic acids is 3. The Hall–Kier alpha value is -3.01. The topological polar surface area (TPSA) is 148 Å². The number of carboxylic acids is 1. The first-order chi connectivity index (χ1) is 23.7. The maximum atomic E-state index is 13.9. The van der Waals surface area contributed by atoms with E-state index >= 15 is 0 Å². The fourth-order valence-electron chi connectivity index (χ4n) is 12.4. The summed E-state index contributed by atoms with van der Waals surface area (Å²) in [6, 6.07) is 1.45. The SMILES string of the molecule is CC(C)C1=C2[C@H]3CC[C@@H]4[C@@]5(C)CC[C@H](OC(=O)CC(C)(C)C(=O)O)C(C)(C)[C@@H]5CC[C@@]4(C)[C@]3(C)CC[C@@]2(NC(=O)NCc2ncccn2)CC1=O.Cl. The van der Waals surface area contributed by atoms with Crippen molar-refractivity contribution in [1.29, 1.82) is 0 Å². The number of halogens is 1. The molecule has 8 atom stereocenters. The van der Waals surface area contributed by atoms with E-state index in [4.69, 9.17) is 4.74 Å². The van der Waals surface area contributed by atoms with Crippen LogP contribution in [-0.4, -0.2) is 50.5 Å². The van der Waals surface area contributed by atoms with Crippen LogP contribution < -0.4 is 10.6 Å². The zero-order valence-electron chi connectivity index (χ0n) is 32.7. The van der Waals surface area contributed by atoms with E-state index in [2.05, 4.69) is 69.1 Å². The van der Waals surface area contributed by atoms with Crippen LogP contribution in [0, 0.1) is 50.7 Å². The van der Waals surface area contributed by atoms with Crippen LogP contribution in [-0.2, 0) is 25.7 Å². The van der Waals surface area contributed by atoms with Crippen LogP contribution in [0.1, 0.15) is 132 Å². The highest BCUT2D eigenvalue weighted by atomic mass is 35.5. The summed E-state index contributed by atoms with van der Waals surface area (Å²) in [6.07, 6.45) is 10.7. The number of nitrogens with zero attached hydrogens (tertiary/aromatic N) is 2. The van der Waals surface area contributed by atoms with Gasteiger partial charge >= 0.3 is 18.0 Å². The monoisotopic (exact) mass is 740 g/mol. The second-order valence-corrected chi connectivity index (χ2v) is 19.0. The van der Waals surface area contributed by atoms with Crippen molar-refractivity contribution >= 4 is 36.2 Å². The molecule has 0 spiro atoms. The number of Topliss-reactive ketones (excluding diaryl/α,β-unsaturated/α-hetero) is 1. The molecule has 1 heterocycles. The maximum Gasteiger partial charge on any atom is 0.315 e. The van der Waals surface area contributed by atoms with Gasteiger partial charge in [-0.15, -0.1) is 12.4 Å². The van der Waals surface area contributed by atoms with Gasteiger partial charge in [0.2, 0.25) is 0 Å². The molecule has 1 aromatic heterocycles. The lowest BCUT2D eigenvalue weighted by Crippen LogP contribution is -2.67. The lowest BCUT2D eigenvalue weighted by Gasteiger charge is -2.72. The third-order valence-corrected chi connectivity index (χ3v) is 15.2. The molecule has 2 amide bonds. The number of hydrogen-bond donors (Lipinski definition) is 3.